The van der Waals surface area contributed by atoms with E-state index in [9.17, 15) is 8.42 Å². The Kier molecular flexibility index (Phi) is 8.67. The van der Waals surface area contributed by atoms with Gasteiger partial charge >= 0.3 is 0 Å². The Hall–Kier alpha value is -2.38. The van der Waals surface area contributed by atoms with Gasteiger partial charge in [-0.15, -0.1) is 0 Å². The molecule has 0 radical (unpaired) electrons. The van der Waals surface area contributed by atoms with Crippen LogP contribution in [-0.4, -0.2) is 34.0 Å². The molecule has 0 saturated heterocycles. The molecule has 29 heavy (non-hydrogen) atoms. The lowest BCUT2D eigenvalue weighted by Gasteiger charge is -2.16. The zero-order valence-corrected chi connectivity index (χ0v) is 18.5. The number of hydrogen-bond donors (Lipinski definition) is 3. The highest BCUT2D eigenvalue weighted by atomic mass is 32.2. The van der Waals surface area contributed by atoms with Crippen LogP contribution in [0.25, 0.3) is 0 Å². The molecule has 0 fully saturated rings. The fraction of sp³-hybridized carbons (Fsp3) is 0.409. The minimum Gasteiger partial charge on any atom is -0.356 e. The third-order valence-electron chi connectivity index (χ3n) is 4.42. The molecular weight excluding hydrogens is 384 g/mol. The third-order valence-corrected chi connectivity index (χ3v) is 5.97. The van der Waals surface area contributed by atoms with Crippen molar-refractivity contribution in [3.63, 3.8) is 0 Å². The topological polar surface area (TPSA) is 82.6 Å². The van der Waals surface area contributed by atoms with Crippen LogP contribution in [0.4, 0.5) is 0 Å². The molecule has 1 atom stereocenters. The van der Waals surface area contributed by atoms with Gasteiger partial charge < -0.3 is 10.6 Å². The minimum atomic E-state index is -3.31. The molecule has 0 amide bonds. The molecule has 158 valence electrons. The van der Waals surface area contributed by atoms with E-state index < -0.39 is 10.0 Å². The lowest BCUT2D eigenvalue weighted by molar-refractivity contribution is 0.569. The SMILES string of the molecule is CN=C(NCc1ccc(CS(=O)(=O)NC(C)C)cc1)NCC(C)c1ccccc1. The quantitative estimate of drug-likeness (QED) is 0.434. The maximum atomic E-state index is 12.0. The molecule has 2 aromatic rings. The Morgan fingerprint density at radius 3 is 2.14 bits per heavy atom. The van der Waals surface area contributed by atoms with E-state index in [1.165, 1.54) is 5.56 Å². The van der Waals surface area contributed by atoms with Crippen LogP contribution in [0.2, 0.25) is 0 Å². The van der Waals surface area contributed by atoms with Gasteiger partial charge in [0.05, 0.1) is 5.75 Å². The number of nitrogens with zero attached hydrogens (tertiary/aromatic N) is 1. The Balaban J connectivity index is 1.83. The Bertz CT molecular complexity index is 879. The summed E-state index contributed by atoms with van der Waals surface area (Å²) in [4.78, 5) is 4.27. The molecule has 0 aliphatic heterocycles. The molecular formula is C22H32N4O2S. The summed E-state index contributed by atoms with van der Waals surface area (Å²) in [5, 5.41) is 6.64. The second-order valence-electron chi connectivity index (χ2n) is 7.47. The molecule has 6 nitrogen and oxygen atoms in total. The van der Waals surface area contributed by atoms with Gasteiger partial charge in [-0.1, -0.05) is 61.5 Å². The van der Waals surface area contributed by atoms with Crippen LogP contribution in [0.15, 0.2) is 59.6 Å². The minimum absolute atomic E-state index is 0.0144. The van der Waals surface area contributed by atoms with Gasteiger partial charge in [0.25, 0.3) is 0 Å². The monoisotopic (exact) mass is 416 g/mol. The van der Waals surface area contributed by atoms with Crippen molar-refractivity contribution in [2.24, 2.45) is 4.99 Å². The van der Waals surface area contributed by atoms with Crippen LogP contribution in [0.5, 0.6) is 0 Å². The number of aliphatic imine (C=N–C) groups is 1. The highest BCUT2D eigenvalue weighted by molar-refractivity contribution is 7.88. The highest BCUT2D eigenvalue weighted by Gasteiger charge is 2.13. The van der Waals surface area contributed by atoms with Crippen molar-refractivity contribution in [2.45, 2.75) is 45.0 Å². The van der Waals surface area contributed by atoms with Crippen molar-refractivity contribution in [1.82, 2.24) is 15.4 Å². The normalized spacial score (nSPS) is 13.3. The number of hydrogen-bond acceptors (Lipinski definition) is 3. The Labute approximate surface area is 174 Å². The van der Waals surface area contributed by atoms with E-state index in [1.807, 2.05) is 56.3 Å². The lowest BCUT2D eigenvalue weighted by atomic mass is 10.0. The number of rotatable bonds is 9. The van der Waals surface area contributed by atoms with Crippen LogP contribution >= 0.6 is 0 Å². The van der Waals surface area contributed by atoms with Crippen molar-refractivity contribution in [3.05, 3.63) is 71.3 Å². The molecule has 0 spiro atoms. The van der Waals surface area contributed by atoms with Gasteiger partial charge in [-0.3, -0.25) is 4.99 Å². The largest absolute Gasteiger partial charge is 0.356 e. The van der Waals surface area contributed by atoms with Crippen LogP contribution in [-0.2, 0) is 22.3 Å². The summed E-state index contributed by atoms with van der Waals surface area (Å²) in [5.41, 5.74) is 3.11. The van der Waals surface area contributed by atoms with E-state index in [0.717, 1.165) is 23.6 Å². The average Bonchev–Trinajstić information content (AvgIpc) is 2.68. The number of guanidine groups is 1. The van der Waals surface area contributed by atoms with E-state index in [-0.39, 0.29) is 11.8 Å². The molecule has 7 heteroatoms. The second-order valence-corrected chi connectivity index (χ2v) is 9.22. The molecule has 1 unspecified atom stereocenters. The standard InChI is InChI=1S/C22H32N4O2S/c1-17(2)26-29(27,28)16-20-12-10-19(11-13-20)15-25-22(23-4)24-14-18(3)21-8-6-5-7-9-21/h5-13,17-18,26H,14-16H2,1-4H3,(H2,23,24,25). The van der Waals surface area contributed by atoms with Gasteiger partial charge in [0.1, 0.15) is 0 Å². The average molecular weight is 417 g/mol. The summed E-state index contributed by atoms with van der Waals surface area (Å²) >= 11 is 0. The number of nitrogens with one attached hydrogen (secondary N) is 3. The fourth-order valence-corrected chi connectivity index (χ4v) is 4.36. The van der Waals surface area contributed by atoms with Crippen molar-refractivity contribution >= 4 is 16.0 Å². The second kappa shape index (κ2) is 11.0. The van der Waals surface area contributed by atoms with Crippen LogP contribution in [0.1, 0.15) is 43.4 Å². The van der Waals surface area contributed by atoms with Gasteiger partial charge in [-0.2, -0.15) is 0 Å². The first-order valence-corrected chi connectivity index (χ1v) is 11.5. The van der Waals surface area contributed by atoms with Gasteiger partial charge in [-0.25, -0.2) is 13.1 Å². The molecule has 2 aromatic carbocycles. The number of benzene rings is 2. The first-order valence-electron chi connectivity index (χ1n) is 9.86. The van der Waals surface area contributed by atoms with Gasteiger partial charge in [0.2, 0.25) is 10.0 Å². The molecule has 0 aromatic heterocycles. The molecule has 0 heterocycles. The van der Waals surface area contributed by atoms with E-state index in [4.69, 9.17) is 0 Å². The molecule has 0 aliphatic carbocycles. The Morgan fingerprint density at radius 2 is 1.55 bits per heavy atom. The van der Waals surface area contributed by atoms with Gasteiger partial charge in [0, 0.05) is 26.2 Å². The van der Waals surface area contributed by atoms with Crippen LogP contribution < -0.4 is 15.4 Å². The van der Waals surface area contributed by atoms with E-state index >= 15 is 0 Å². The molecule has 2 rings (SSSR count). The number of sulfonamides is 1. The predicted octanol–water partition coefficient (Wildman–Crippen LogP) is 2.98. The fourth-order valence-electron chi connectivity index (χ4n) is 2.93. The van der Waals surface area contributed by atoms with Crippen molar-refractivity contribution < 1.29 is 8.42 Å². The van der Waals surface area contributed by atoms with E-state index in [2.05, 4.69) is 39.4 Å². The van der Waals surface area contributed by atoms with E-state index in [0.29, 0.717) is 12.5 Å². The summed E-state index contributed by atoms with van der Waals surface area (Å²) < 4.78 is 26.7. The first-order chi connectivity index (χ1) is 13.8. The summed E-state index contributed by atoms with van der Waals surface area (Å²) in [6.45, 7) is 7.19. The van der Waals surface area contributed by atoms with Crippen LogP contribution in [0, 0.1) is 0 Å². The predicted molar refractivity (Wildman–Crippen MR) is 120 cm³/mol. The lowest BCUT2D eigenvalue weighted by Crippen LogP contribution is -2.38. The summed E-state index contributed by atoms with van der Waals surface area (Å²) in [6, 6.07) is 17.8. The smallest absolute Gasteiger partial charge is 0.216 e. The summed E-state index contributed by atoms with van der Waals surface area (Å²) in [7, 11) is -1.56. The molecule has 3 N–H and O–H groups in total. The maximum absolute atomic E-state index is 12.0. The van der Waals surface area contributed by atoms with Gasteiger partial charge in [-0.05, 0) is 36.5 Å². The maximum Gasteiger partial charge on any atom is 0.216 e. The van der Waals surface area contributed by atoms with E-state index in [1.54, 1.807) is 7.05 Å². The molecule has 0 aliphatic rings. The Morgan fingerprint density at radius 1 is 0.931 bits per heavy atom. The van der Waals surface area contributed by atoms with Gasteiger partial charge in [0.15, 0.2) is 5.96 Å². The van der Waals surface area contributed by atoms with Crippen molar-refractivity contribution in [3.8, 4) is 0 Å². The van der Waals surface area contributed by atoms with Crippen molar-refractivity contribution in [2.75, 3.05) is 13.6 Å². The zero-order valence-electron chi connectivity index (χ0n) is 17.6. The molecule has 0 bridgehead atoms. The van der Waals surface area contributed by atoms with Crippen LogP contribution in [0.3, 0.4) is 0 Å². The summed E-state index contributed by atoms with van der Waals surface area (Å²) in [5.74, 6) is 1.09. The third kappa shape index (κ3) is 8.25. The summed E-state index contributed by atoms with van der Waals surface area (Å²) in [6.07, 6.45) is 0. The van der Waals surface area contributed by atoms with Crippen molar-refractivity contribution in [1.29, 1.82) is 0 Å². The first kappa shape index (κ1) is 22.9. The molecule has 0 saturated carbocycles. The zero-order chi connectivity index (χ0) is 21.3. The highest BCUT2D eigenvalue weighted by Crippen LogP contribution is 2.13.